The summed E-state index contributed by atoms with van der Waals surface area (Å²) in [4.78, 5) is 12.4. The van der Waals surface area contributed by atoms with Crippen LogP contribution in [-0.2, 0) is 6.42 Å². The molecule has 1 aliphatic carbocycles. The minimum Gasteiger partial charge on any atom is -0.484 e. The summed E-state index contributed by atoms with van der Waals surface area (Å²) in [6.07, 6.45) is 7.12. The monoisotopic (exact) mass is 308 g/mol. The molecule has 0 N–H and O–H groups in total. The molecule has 1 aliphatic heterocycles. The van der Waals surface area contributed by atoms with E-state index in [1.165, 1.54) is 11.1 Å². The Morgan fingerprint density at radius 3 is 2.78 bits per heavy atom. The molecule has 0 amide bonds. The Hall–Kier alpha value is -2.29. The van der Waals surface area contributed by atoms with E-state index in [4.69, 9.17) is 9.15 Å². The summed E-state index contributed by atoms with van der Waals surface area (Å²) < 4.78 is 11.7. The van der Waals surface area contributed by atoms with Gasteiger partial charge in [0.05, 0.1) is 10.9 Å². The lowest BCUT2D eigenvalue weighted by Gasteiger charge is -2.30. The molecule has 118 valence electrons. The number of ether oxygens (including phenoxy) is 1. The molecule has 0 spiro atoms. The fraction of sp³-hybridized carbons (Fsp3) is 0.350. The molecule has 3 nitrogen and oxygen atoms in total. The molecule has 2 atom stereocenters. The molecule has 0 unspecified atom stereocenters. The topological polar surface area (TPSA) is 39.4 Å². The minimum absolute atomic E-state index is 0.0239. The molecule has 1 aromatic heterocycles. The molecule has 4 rings (SSSR count). The van der Waals surface area contributed by atoms with E-state index in [2.05, 4.69) is 26.0 Å². The third-order valence-corrected chi connectivity index (χ3v) is 5.06. The molecule has 0 radical (unpaired) electrons. The Morgan fingerprint density at radius 1 is 1.22 bits per heavy atom. The van der Waals surface area contributed by atoms with Crippen molar-refractivity contribution in [2.45, 2.75) is 39.2 Å². The Balaban J connectivity index is 1.86. The Kier molecular flexibility index (Phi) is 3.37. The van der Waals surface area contributed by atoms with Crippen molar-refractivity contribution in [3.05, 3.63) is 63.5 Å². The molecular formula is C20H20O3. The Morgan fingerprint density at radius 2 is 2.00 bits per heavy atom. The highest BCUT2D eigenvalue weighted by atomic mass is 16.5. The first kappa shape index (κ1) is 14.3. The van der Waals surface area contributed by atoms with E-state index in [9.17, 15) is 4.79 Å². The highest BCUT2D eigenvalue weighted by Crippen LogP contribution is 2.42. The number of rotatable bonds is 2. The molecule has 23 heavy (non-hydrogen) atoms. The first-order chi connectivity index (χ1) is 11.2. The molecule has 2 aliphatic rings. The number of hydrogen-bond donors (Lipinski definition) is 0. The van der Waals surface area contributed by atoms with E-state index < -0.39 is 0 Å². The first-order valence-corrected chi connectivity index (χ1v) is 8.34. The van der Waals surface area contributed by atoms with Crippen LogP contribution in [-0.4, -0.2) is 6.10 Å². The van der Waals surface area contributed by atoms with Gasteiger partial charge in [-0.3, -0.25) is 0 Å². The van der Waals surface area contributed by atoms with Crippen LogP contribution in [0.15, 0.2) is 56.8 Å². The van der Waals surface area contributed by atoms with Crippen molar-refractivity contribution in [1.82, 2.24) is 0 Å². The third kappa shape index (κ3) is 2.14. The average Bonchev–Trinajstić information content (AvgIpc) is 2.98. The smallest absolute Gasteiger partial charge is 0.343 e. The molecule has 3 heteroatoms. The lowest BCUT2D eigenvalue weighted by molar-refractivity contribution is 0.182. The van der Waals surface area contributed by atoms with Gasteiger partial charge in [-0.1, -0.05) is 37.6 Å². The standard InChI is InChI=1S/C20H20O3/c1-3-12(4-2)13-9-10-18-15(13)11-16-19(22-18)14-7-5-6-8-17(14)23-20(16)21/h5-10,15,18H,3-4,11H2,1-2H3/t15-,18+/m1/s1. The van der Waals surface area contributed by atoms with Gasteiger partial charge in [0.15, 0.2) is 0 Å². The zero-order valence-electron chi connectivity index (χ0n) is 13.5. The van der Waals surface area contributed by atoms with Crippen LogP contribution in [0.25, 0.3) is 11.0 Å². The van der Waals surface area contributed by atoms with E-state index in [0.717, 1.165) is 18.2 Å². The van der Waals surface area contributed by atoms with Crippen molar-refractivity contribution in [2.24, 2.45) is 5.92 Å². The lowest BCUT2D eigenvalue weighted by Crippen LogP contribution is -2.32. The van der Waals surface area contributed by atoms with Gasteiger partial charge in [0.2, 0.25) is 0 Å². The number of allylic oxidation sites excluding steroid dienone is 2. The minimum atomic E-state index is -0.266. The molecule has 0 saturated heterocycles. The summed E-state index contributed by atoms with van der Waals surface area (Å²) in [5.74, 6) is 0.944. The van der Waals surface area contributed by atoms with Gasteiger partial charge in [-0.05, 0) is 43.0 Å². The Bertz CT molecular complexity index is 879. The zero-order chi connectivity index (χ0) is 16.0. The van der Waals surface area contributed by atoms with Crippen LogP contribution in [0.2, 0.25) is 0 Å². The lowest BCUT2D eigenvalue weighted by atomic mass is 9.86. The van der Waals surface area contributed by atoms with E-state index in [1.807, 2.05) is 24.3 Å². The third-order valence-electron chi connectivity index (χ3n) is 5.06. The first-order valence-electron chi connectivity index (χ1n) is 8.34. The van der Waals surface area contributed by atoms with Crippen LogP contribution in [0, 0.1) is 5.92 Å². The average molecular weight is 308 g/mol. The van der Waals surface area contributed by atoms with Crippen molar-refractivity contribution >= 4 is 11.0 Å². The quantitative estimate of drug-likeness (QED) is 0.772. The second-order valence-electron chi connectivity index (χ2n) is 6.21. The van der Waals surface area contributed by atoms with Crippen LogP contribution in [0.4, 0.5) is 0 Å². The van der Waals surface area contributed by atoms with Crippen molar-refractivity contribution in [3.8, 4) is 5.75 Å². The fourth-order valence-electron chi connectivity index (χ4n) is 3.85. The van der Waals surface area contributed by atoms with E-state index in [0.29, 0.717) is 23.3 Å². The predicted octanol–water partition coefficient (Wildman–Crippen LogP) is 4.40. The van der Waals surface area contributed by atoms with Gasteiger partial charge < -0.3 is 9.15 Å². The number of para-hydroxylation sites is 1. The van der Waals surface area contributed by atoms with Gasteiger partial charge in [-0.15, -0.1) is 0 Å². The molecular weight excluding hydrogens is 288 g/mol. The van der Waals surface area contributed by atoms with Gasteiger partial charge >= 0.3 is 5.63 Å². The van der Waals surface area contributed by atoms with Crippen LogP contribution in [0.5, 0.6) is 5.75 Å². The molecule has 1 aromatic carbocycles. The van der Waals surface area contributed by atoms with Gasteiger partial charge in [0, 0.05) is 5.92 Å². The highest BCUT2D eigenvalue weighted by molar-refractivity contribution is 5.84. The molecule has 0 fully saturated rings. The van der Waals surface area contributed by atoms with Crippen molar-refractivity contribution < 1.29 is 9.15 Å². The molecule has 0 saturated carbocycles. The van der Waals surface area contributed by atoms with E-state index in [1.54, 1.807) is 0 Å². The second kappa shape index (κ2) is 5.41. The van der Waals surface area contributed by atoms with Crippen LogP contribution in [0.3, 0.4) is 0 Å². The second-order valence-corrected chi connectivity index (χ2v) is 6.21. The fourth-order valence-corrected chi connectivity index (χ4v) is 3.85. The number of hydrogen-bond acceptors (Lipinski definition) is 3. The Labute approximate surface area is 135 Å². The SMILES string of the molecule is CCC(CC)=C1C=C[C@@H]2Oc3c(c(=O)oc4ccccc34)C[C@H]12. The van der Waals surface area contributed by atoms with E-state index in [-0.39, 0.29) is 17.6 Å². The summed E-state index contributed by atoms with van der Waals surface area (Å²) in [5.41, 5.74) is 3.80. The van der Waals surface area contributed by atoms with Crippen molar-refractivity contribution in [1.29, 1.82) is 0 Å². The van der Waals surface area contributed by atoms with Gasteiger partial charge in [0.1, 0.15) is 17.4 Å². The van der Waals surface area contributed by atoms with E-state index >= 15 is 0 Å². The number of fused-ring (bicyclic) bond motifs is 4. The summed E-state index contributed by atoms with van der Waals surface area (Å²) in [6, 6.07) is 7.58. The maximum atomic E-state index is 12.4. The van der Waals surface area contributed by atoms with Gasteiger partial charge in [-0.25, -0.2) is 4.79 Å². The highest BCUT2D eigenvalue weighted by Gasteiger charge is 2.37. The molecule has 0 bridgehead atoms. The maximum Gasteiger partial charge on any atom is 0.343 e. The summed E-state index contributed by atoms with van der Waals surface area (Å²) >= 11 is 0. The molecule has 2 aromatic rings. The summed E-state index contributed by atoms with van der Waals surface area (Å²) in [5, 5.41) is 0.887. The summed E-state index contributed by atoms with van der Waals surface area (Å²) in [7, 11) is 0. The maximum absolute atomic E-state index is 12.4. The van der Waals surface area contributed by atoms with Gasteiger partial charge in [0.25, 0.3) is 0 Å². The largest absolute Gasteiger partial charge is 0.484 e. The van der Waals surface area contributed by atoms with Gasteiger partial charge in [-0.2, -0.15) is 0 Å². The number of benzene rings is 1. The van der Waals surface area contributed by atoms with Crippen molar-refractivity contribution in [3.63, 3.8) is 0 Å². The normalized spacial score (nSPS) is 21.9. The van der Waals surface area contributed by atoms with Crippen LogP contribution in [0.1, 0.15) is 32.3 Å². The molecule has 2 heterocycles. The van der Waals surface area contributed by atoms with Crippen LogP contribution < -0.4 is 10.4 Å². The predicted molar refractivity (Wildman–Crippen MR) is 90.8 cm³/mol. The van der Waals surface area contributed by atoms with Crippen LogP contribution >= 0.6 is 0 Å². The zero-order valence-corrected chi connectivity index (χ0v) is 13.5. The van der Waals surface area contributed by atoms with Crippen molar-refractivity contribution in [2.75, 3.05) is 0 Å². The summed E-state index contributed by atoms with van der Waals surface area (Å²) in [6.45, 7) is 4.37.